The number of hydrogen-bond acceptors (Lipinski definition) is 5. The first-order valence-electron chi connectivity index (χ1n) is 13.0. The van der Waals surface area contributed by atoms with Gasteiger partial charge in [-0.3, -0.25) is 14.4 Å². The van der Waals surface area contributed by atoms with E-state index in [-0.39, 0.29) is 46.8 Å². The largest absolute Gasteiger partial charge is 0.454 e. The van der Waals surface area contributed by atoms with Gasteiger partial charge >= 0.3 is 5.97 Å². The minimum atomic E-state index is -0.680. The lowest BCUT2D eigenvalue weighted by molar-refractivity contribution is -0.124. The molecule has 188 valence electrons. The van der Waals surface area contributed by atoms with E-state index >= 15 is 0 Å². The van der Waals surface area contributed by atoms with Crippen molar-refractivity contribution in [1.82, 2.24) is 0 Å². The molecule has 0 unspecified atom stereocenters. The molecular weight excluding hydrogens is 478 g/mol. The average Bonchev–Trinajstić information content (AvgIpc) is 3.74. The number of carbonyl (C=O) groups excluding carboxylic acids is 4. The first kappa shape index (κ1) is 22.8. The van der Waals surface area contributed by atoms with Crippen molar-refractivity contribution in [3.63, 3.8) is 0 Å². The summed E-state index contributed by atoms with van der Waals surface area (Å²) in [5.74, 6) is -0.633. The van der Waals surface area contributed by atoms with E-state index in [9.17, 15) is 19.2 Å². The normalized spacial score (nSPS) is 28.2. The summed E-state index contributed by atoms with van der Waals surface area (Å²) in [6.07, 6.45) is 5.37. The van der Waals surface area contributed by atoms with Crippen molar-refractivity contribution in [2.45, 2.75) is 6.42 Å². The molecule has 2 saturated carbocycles. The lowest BCUT2D eigenvalue weighted by Gasteiger charge is -2.37. The van der Waals surface area contributed by atoms with Crippen LogP contribution in [0.4, 0.5) is 5.69 Å². The Kier molecular flexibility index (Phi) is 5.18. The van der Waals surface area contributed by atoms with E-state index in [1.54, 1.807) is 30.3 Å². The Morgan fingerprint density at radius 1 is 0.737 bits per heavy atom. The highest BCUT2D eigenvalue weighted by molar-refractivity contribution is 6.23. The molecule has 3 aromatic carbocycles. The molecule has 0 aromatic heterocycles. The second kappa shape index (κ2) is 8.62. The van der Waals surface area contributed by atoms with Gasteiger partial charge in [0.2, 0.25) is 11.8 Å². The molecule has 3 fully saturated rings. The molecule has 2 amide bonds. The Hall–Kier alpha value is -4.32. The van der Waals surface area contributed by atoms with Gasteiger partial charge in [-0.05, 0) is 59.4 Å². The number of carbonyl (C=O) groups is 4. The van der Waals surface area contributed by atoms with Gasteiger partial charge in [-0.25, -0.2) is 9.69 Å². The molecule has 1 aliphatic heterocycles. The Bertz CT molecular complexity index is 1470. The number of hydrogen-bond donors (Lipinski definition) is 0. The number of rotatable bonds is 6. The van der Waals surface area contributed by atoms with E-state index < -0.39 is 12.6 Å². The van der Waals surface area contributed by atoms with E-state index in [1.807, 2.05) is 42.5 Å². The number of allylic oxidation sites excluding steroid dienone is 2. The van der Waals surface area contributed by atoms with Crippen molar-refractivity contribution in [1.29, 1.82) is 0 Å². The average molecular weight is 504 g/mol. The molecule has 0 radical (unpaired) electrons. The number of ketones is 1. The number of benzene rings is 3. The van der Waals surface area contributed by atoms with Gasteiger partial charge in [-0.15, -0.1) is 0 Å². The summed E-state index contributed by atoms with van der Waals surface area (Å²) < 4.78 is 5.30. The topological polar surface area (TPSA) is 80.8 Å². The predicted molar refractivity (Wildman–Crippen MR) is 140 cm³/mol. The second-order valence-corrected chi connectivity index (χ2v) is 10.7. The molecule has 1 saturated heterocycles. The predicted octanol–water partition coefficient (Wildman–Crippen LogP) is 4.95. The van der Waals surface area contributed by atoms with E-state index in [0.717, 1.165) is 17.5 Å². The Balaban J connectivity index is 1.03. The zero-order valence-corrected chi connectivity index (χ0v) is 20.5. The van der Waals surface area contributed by atoms with E-state index in [4.69, 9.17) is 4.74 Å². The summed E-state index contributed by atoms with van der Waals surface area (Å²) in [6.45, 7) is -0.405. The lowest BCUT2D eigenvalue weighted by Crippen LogP contribution is -2.40. The van der Waals surface area contributed by atoms with Crippen LogP contribution < -0.4 is 4.90 Å². The second-order valence-electron chi connectivity index (χ2n) is 10.7. The van der Waals surface area contributed by atoms with Gasteiger partial charge in [0, 0.05) is 5.56 Å². The van der Waals surface area contributed by atoms with Crippen LogP contribution in [0.3, 0.4) is 0 Å². The summed E-state index contributed by atoms with van der Waals surface area (Å²) in [4.78, 5) is 53.5. The molecule has 2 bridgehead atoms. The zero-order valence-electron chi connectivity index (χ0n) is 20.5. The number of anilines is 1. The number of Topliss-reactive ketones (excluding diaryl/α,β-unsaturated/α-hetero) is 1. The van der Waals surface area contributed by atoms with Gasteiger partial charge in [-0.2, -0.15) is 0 Å². The van der Waals surface area contributed by atoms with Crippen LogP contribution in [0.1, 0.15) is 27.1 Å². The molecule has 1 heterocycles. The van der Waals surface area contributed by atoms with Crippen molar-refractivity contribution < 1.29 is 23.9 Å². The van der Waals surface area contributed by atoms with E-state index in [0.29, 0.717) is 23.1 Å². The standard InChI is InChI=1S/C32H25NO5/c34-27(20-11-9-19(10-12-20)18-5-2-1-3-6-18)17-38-32(37)21-7-4-8-22(15-21)33-30(35)28-23-13-14-24(26-16-25(23)26)29(28)31(33)36/h1-15,23-26,28-29H,16-17H2/t23-,24-,25-,26-,28-,29+/m0/s1. The van der Waals surface area contributed by atoms with Crippen LogP contribution in [0, 0.1) is 35.5 Å². The van der Waals surface area contributed by atoms with Crippen molar-refractivity contribution >= 4 is 29.3 Å². The number of esters is 1. The number of ether oxygens (including phenoxy) is 1. The van der Waals surface area contributed by atoms with Crippen molar-refractivity contribution in [2.24, 2.45) is 35.5 Å². The van der Waals surface area contributed by atoms with Crippen LogP contribution in [-0.2, 0) is 14.3 Å². The van der Waals surface area contributed by atoms with Crippen LogP contribution in [0.25, 0.3) is 11.1 Å². The highest BCUT2D eigenvalue weighted by atomic mass is 16.5. The third-order valence-electron chi connectivity index (χ3n) is 8.65. The SMILES string of the molecule is O=C(COC(=O)c1cccc(N2C(=O)[C@@H]3[C@H]4C=C[C@@H]([C@@H]5C[C@@H]45)[C@@H]3C2=O)c1)c1ccc(-c2ccccc2)cc1. The summed E-state index contributed by atoms with van der Waals surface area (Å²) >= 11 is 0. The van der Waals surface area contributed by atoms with Gasteiger partial charge in [0.15, 0.2) is 12.4 Å². The van der Waals surface area contributed by atoms with Crippen molar-refractivity contribution in [2.75, 3.05) is 11.5 Å². The monoisotopic (exact) mass is 503 g/mol. The molecule has 4 aliphatic carbocycles. The summed E-state index contributed by atoms with van der Waals surface area (Å²) in [6, 6.07) is 23.4. The lowest BCUT2D eigenvalue weighted by atomic mass is 9.63. The highest BCUT2D eigenvalue weighted by Gasteiger charge is 2.67. The maximum atomic E-state index is 13.4. The number of nitrogens with zero attached hydrogens (tertiary/aromatic N) is 1. The number of imide groups is 1. The Morgan fingerprint density at radius 3 is 2.03 bits per heavy atom. The minimum Gasteiger partial charge on any atom is -0.454 e. The van der Waals surface area contributed by atoms with Gasteiger partial charge in [0.25, 0.3) is 0 Å². The van der Waals surface area contributed by atoms with Gasteiger partial charge in [-0.1, -0.05) is 72.8 Å². The molecule has 38 heavy (non-hydrogen) atoms. The van der Waals surface area contributed by atoms with Gasteiger partial charge < -0.3 is 4.74 Å². The summed E-state index contributed by atoms with van der Waals surface area (Å²) in [5.41, 5.74) is 3.05. The highest BCUT2D eigenvalue weighted by Crippen LogP contribution is 2.65. The quantitative estimate of drug-likeness (QED) is 0.206. The Labute approximate surface area is 219 Å². The molecule has 6 nitrogen and oxygen atoms in total. The van der Waals surface area contributed by atoms with E-state index in [2.05, 4.69) is 12.2 Å². The third kappa shape index (κ3) is 3.55. The molecule has 3 aromatic rings. The molecule has 0 N–H and O–H groups in total. The molecule has 5 aliphatic rings. The van der Waals surface area contributed by atoms with Crippen LogP contribution >= 0.6 is 0 Å². The minimum absolute atomic E-state index is 0.136. The van der Waals surface area contributed by atoms with Crippen molar-refractivity contribution in [3.05, 3.63) is 102 Å². The molecule has 0 spiro atoms. The van der Waals surface area contributed by atoms with Gasteiger partial charge in [0.05, 0.1) is 23.1 Å². The summed E-state index contributed by atoms with van der Waals surface area (Å²) in [7, 11) is 0. The molecular formula is C32H25NO5. The fourth-order valence-corrected chi connectivity index (χ4v) is 6.76. The zero-order chi connectivity index (χ0) is 26.0. The van der Waals surface area contributed by atoms with E-state index in [1.165, 1.54) is 11.0 Å². The summed E-state index contributed by atoms with van der Waals surface area (Å²) in [5, 5.41) is 0. The maximum Gasteiger partial charge on any atom is 0.338 e. The van der Waals surface area contributed by atoms with Crippen LogP contribution in [0.2, 0.25) is 0 Å². The molecule has 6 atom stereocenters. The smallest absolute Gasteiger partial charge is 0.338 e. The first-order chi connectivity index (χ1) is 18.5. The van der Waals surface area contributed by atoms with Gasteiger partial charge in [0.1, 0.15) is 0 Å². The first-order valence-corrected chi connectivity index (χ1v) is 13.0. The van der Waals surface area contributed by atoms with Crippen LogP contribution in [0.5, 0.6) is 0 Å². The van der Waals surface area contributed by atoms with Crippen LogP contribution in [-0.4, -0.2) is 30.2 Å². The fourth-order valence-electron chi connectivity index (χ4n) is 6.76. The Morgan fingerprint density at radius 2 is 1.37 bits per heavy atom. The third-order valence-corrected chi connectivity index (χ3v) is 8.65. The van der Waals surface area contributed by atoms with Crippen LogP contribution in [0.15, 0.2) is 91.0 Å². The number of amides is 2. The molecule has 6 heteroatoms. The molecule has 8 rings (SSSR count). The van der Waals surface area contributed by atoms with Crippen molar-refractivity contribution in [3.8, 4) is 11.1 Å². The fraction of sp³-hybridized carbons (Fsp3) is 0.250. The maximum absolute atomic E-state index is 13.4.